The van der Waals surface area contributed by atoms with E-state index in [1.807, 2.05) is 42.5 Å². The lowest BCUT2D eigenvalue weighted by Crippen LogP contribution is -2.39. The highest BCUT2D eigenvalue weighted by Gasteiger charge is 2.33. The summed E-state index contributed by atoms with van der Waals surface area (Å²) < 4.78 is 16.1. The van der Waals surface area contributed by atoms with Gasteiger partial charge in [-0.05, 0) is 42.0 Å². The molecule has 30 heavy (non-hydrogen) atoms. The Bertz CT molecular complexity index is 955. The average molecular weight is 412 g/mol. The summed E-state index contributed by atoms with van der Waals surface area (Å²) in [6.07, 6.45) is 1.52. The Morgan fingerprint density at radius 3 is 2.33 bits per heavy atom. The predicted molar refractivity (Wildman–Crippen MR) is 110 cm³/mol. The van der Waals surface area contributed by atoms with Crippen molar-refractivity contribution in [3.8, 4) is 17.2 Å². The highest BCUT2D eigenvalue weighted by Crippen LogP contribution is 2.40. The highest BCUT2D eigenvalue weighted by molar-refractivity contribution is 5.84. The van der Waals surface area contributed by atoms with Gasteiger partial charge in [-0.2, -0.15) is 0 Å². The Labute approximate surface area is 174 Å². The fraction of sp³-hybridized carbons (Fsp3) is 0.273. The molecule has 1 aliphatic heterocycles. The van der Waals surface area contributed by atoms with Crippen LogP contribution in [-0.2, 0) is 9.59 Å². The van der Waals surface area contributed by atoms with Crippen LogP contribution in [-0.4, -0.2) is 43.3 Å². The molecule has 0 aromatic heterocycles. The highest BCUT2D eigenvalue weighted by atomic mass is 16.5. The molecule has 1 amide bonds. The molecule has 0 fully saturated rings. The summed E-state index contributed by atoms with van der Waals surface area (Å²) >= 11 is 0. The van der Waals surface area contributed by atoms with Crippen molar-refractivity contribution in [3.05, 3.63) is 59.7 Å². The number of carbonyl (C=O) groups excluding carboxylic acids is 1. The van der Waals surface area contributed by atoms with E-state index in [4.69, 9.17) is 19.3 Å². The number of para-hydroxylation sites is 1. The normalized spacial score (nSPS) is 15.2. The van der Waals surface area contributed by atoms with E-state index in [9.17, 15) is 9.59 Å². The number of nitrogens with zero attached hydrogens (tertiary/aromatic N) is 1. The molecule has 1 atom stereocenters. The largest absolute Gasteiger partial charge is 0.497 e. The van der Waals surface area contributed by atoms with Gasteiger partial charge in [-0.1, -0.05) is 12.1 Å². The molecular formula is C22H24N2O6. The first kappa shape index (κ1) is 21.0. The van der Waals surface area contributed by atoms with E-state index in [0.717, 1.165) is 22.6 Å². The molecule has 0 bridgehead atoms. The van der Waals surface area contributed by atoms with Crippen LogP contribution in [0.25, 0.3) is 5.70 Å². The smallest absolute Gasteiger partial charge is 0.303 e. The molecule has 0 saturated heterocycles. The van der Waals surface area contributed by atoms with Crippen LogP contribution in [0.4, 0.5) is 0 Å². The number of nitrogens with one attached hydrogen (secondary N) is 1. The summed E-state index contributed by atoms with van der Waals surface area (Å²) in [5.74, 6) is 0.403. The van der Waals surface area contributed by atoms with Gasteiger partial charge in [0.05, 0.1) is 33.4 Å². The van der Waals surface area contributed by atoms with Gasteiger partial charge in [0.25, 0.3) is 0 Å². The van der Waals surface area contributed by atoms with Crippen molar-refractivity contribution in [2.45, 2.75) is 18.9 Å². The van der Waals surface area contributed by atoms with E-state index in [1.54, 1.807) is 20.3 Å². The molecule has 0 spiro atoms. The number of carboxylic acid groups (broad SMARTS) is 1. The quantitative estimate of drug-likeness (QED) is 0.688. The summed E-state index contributed by atoms with van der Waals surface area (Å²) in [6, 6.07) is 12.3. The lowest BCUT2D eigenvalue weighted by molar-refractivity contribution is -0.142. The van der Waals surface area contributed by atoms with Crippen molar-refractivity contribution in [2.75, 3.05) is 21.3 Å². The number of amides is 1. The van der Waals surface area contributed by atoms with Crippen LogP contribution < -0.4 is 19.6 Å². The summed E-state index contributed by atoms with van der Waals surface area (Å²) in [7, 11) is 4.67. The van der Waals surface area contributed by atoms with Gasteiger partial charge in [-0.3, -0.25) is 15.0 Å². The van der Waals surface area contributed by atoms with Crippen molar-refractivity contribution >= 4 is 17.6 Å². The molecule has 158 valence electrons. The molecule has 8 heteroatoms. The molecule has 0 unspecified atom stereocenters. The third-order valence-electron chi connectivity index (χ3n) is 4.82. The van der Waals surface area contributed by atoms with Gasteiger partial charge < -0.3 is 19.3 Å². The van der Waals surface area contributed by atoms with E-state index in [1.165, 1.54) is 12.1 Å². The monoisotopic (exact) mass is 412 g/mol. The second kappa shape index (κ2) is 9.21. The van der Waals surface area contributed by atoms with E-state index in [-0.39, 0.29) is 18.7 Å². The maximum absolute atomic E-state index is 12.8. The Balaban J connectivity index is 2.00. The first-order valence-electron chi connectivity index (χ1n) is 9.36. The summed E-state index contributed by atoms with van der Waals surface area (Å²) in [5.41, 5.74) is 5.42. The van der Waals surface area contributed by atoms with Crippen LogP contribution in [0.2, 0.25) is 0 Å². The zero-order chi connectivity index (χ0) is 21.7. The molecule has 1 aliphatic rings. The first-order valence-corrected chi connectivity index (χ1v) is 9.36. The Morgan fingerprint density at radius 2 is 1.73 bits per heavy atom. The maximum atomic E-state index is 12.8. The van der Waals surface area contributed by atoms with Crippen molar-refractivity contribution < 1.29 is 28.9 Å². The number of ether oxygens (including phenoxy) is 3. The van der Waals surface area contributed by atoms with Gasteiger partial charge >= 0.3 is 5.97 Å². The van der Waals surface area contributed by atoms with Gasteiger partial charge in [0.2, 0.25) is 5.91 Å². The van der Waals surface area contributed by atoms with Gasteiger partial charge in [0.1, 0.15) is 11.8 Å². The molecule has 2 aromatic carbocycles. The standard InChI is InChI=1S/C22H24N2O6/c1-28-15-9-7-14(8-10-15)17-13-18(24(23-17)20(25)11-12-21(26)27)16-5-4-6-19(29-2)22(16)30-3/h4-10,13,18,23H,11-12H2,1-3H3,(H,26,27)/t18-/m0/s1. The number of methoxy groups -OCH3 is 3. The predicted octanol–water partition coefficient (Wildman–Crippen LogP) is 3.01. The number of rotatable bonds is 8. The molecule has 2 N–H and O–H groups in total. The third kappa shape index (κ3) is 4.32. The third-order valence-corrected chi connectivity index (χ3v) is 4.82. The van der Waals surface area contributed by atoms with Crippen LogP contribution in [0.5, 0.6) is 17.2 Å². The maximum Gasteiger partial charge on any atom is 0.303 e. The SMILES string of the molecule is COc1ccc(C2=C[C@@H](c3cccc(OC)c3OC)N(C(=O)CCC(=O)O)N2)cc1. The lowest BCUT2D eigenvalue weighted by Gasteiger charge is -2.27. The van der Waals surface area contributed by atoms with Crippen LogP contribution in [0.1, 0.15) is 30.0 Å². The van der Waals surface area contributed by atoms with E-state index in [0.29, 0.717) is 11.5 Å². The second-order valence-corrected chi connectivity index (χ2v) is 6.61. The zero-order valence-electron chi connectivity index (χ0n) is 17.0. The van der Waals surface area contributed by atoms with Crippen LogP contribution in [0, 0.1) is 0 Å². The minimum absolute atomic E-state index is 0.130. The Morgan fingerprint density at radius 1 is 1.00 bits per heavy atom. The molecule has 1 heterocycles. The van der Waals surface area contributed by atoms with E-state index in [2.05, 4.69) is 5.43 Å². The van der Waals surface area contributed by atoms with E-state index < -0.39 is 12.0 Å². The second-order valence-electron chi connectivity index (χ2n) is 6.61. The number of carbonyl (C=O) groups is 2. The van der Waals surface area contributed by atoms with E-state index >= 15 is 0 Å². The number of hydrazine groups is 1. The molecule has 0 radical (unpaired) electrons. The molecule has 8 nitrogen and oxygen atoms in total. The average Bonchev–Trinajstić information content (AvgIpc) is 3.22. The van der Waals surface area contributed by atoms with Crippen LogP contribution >= 0.6 is 0 Å². The van der Waals surface area contributed by atoms with Gasteiger partial charge in [-0.25, -0.2) is 5.01 Å². The van der Waals surface area contributed by atoms with Crippen LogP contribution in [0.3, 0.4) is 0 Å². The number of benzene rings is 2. The summed E-state index contributed by atoms with van der Waals surface area (Å²) in [5, 5.41) is 10.4. The van der Waals surface area contributed by atoms with Gasteiger partial charge in [0.15, 0.2) is 11.5 Å². The molecular weight excluding hydrogens is 388 g/mol. The fourth-order valence-corrected chi connectivity index (χ4v) is 3.33. The molecule has 0 aliphatic carbocycles. The number of hydrogen-bond acceptors (Lipinski definition) is 6. The Hall–Kier alpha value is -3.68. The van der Waals surface area contributed by atoms with Crippen molar-refractivity contribution in [2.24, 2.45) is 0 Å². The van der Waals surface area contributed by atoms with Gasteiger partial charge in [0, 0.05) is 12.0 Å². The summed E-state index contributed by atoms with van der Waals surface area (Å²) in [4.78, 5) is 23.8. The lowest BCUT2D eigenvalue weighted by atomic mass is 10.0. The Kier molecular flexibility index (Phi) is 6.46. The van der Waals surface area contributed by atoms with Crippen molar-refractivity contribution in [1.29, 1.82) is 0 Å². The van der Waals surface area contributed by atoms with Crippen molar-refractivity contribution in [3.63, 3.8) is 0 Å². The minimum atomic E-state index is -1.03. The van der Waals surface area contributed by atoms with Crippen molar-refractivity contribution in [1.82, 2.24) is 10.4 Å². The summed E-state index contributed by atoms with van der Waals surface area (Å²) in [6.45, 7) is 0. The first-order chi connectivity index (χ1) is 14.5. The van der Waals surface area contributed by atoms with Crippen LogP contribution in [0.15, 0.2) is 48.5 Å². The molecule has 2 aromatic rings. The molecule has 3 rings (SSSR count). The zero-order valence-corrected chi connectivity index (χ0v) is 17.0. The fourth-order valence-electron chi connectivity index (χ4n) is 3.33. The minimum Gasteiger partial charge on any atom is -0.497 e. The van der Waals surface area contributed by atoms with Gasteiger partial charge in [-0.15, -0.1) is 0 Å². The molecule has 0 saturated carbocycles. The number of hydrogen-bond donors (Lipinski definition) is 2. The number of carboxylic acids is 1. The number of aliphatic carboxylic acids is 1. The topological polar surface area (TPSA) is 97.3 Å².